The SMILES string of the molecule is CC(C)(C)N(Cc1ccccc1)C(=O)COC(=O)CNC(=O)c1cccc(F)c1. The first kappa shape index (κ1) is 22.1. The summed E-state index contributed by atoms with van der Waals surface area (Å²) in [5, 5.41) is 2.34. The average molecular weight is 400 g/mol. The van der Waals surface area contributed by atoms with Gasteiger partial charge in [-0.25, -0.2) is 4.39 Å². The van der Waals surface area contributed by atoms with Crippen molar-refractivity contribution in [1.29, 1.82) is 0 Å². The molecular weight excluding hydrogens is 375 g/mol. The number of nitrogens with one attached hydrogen (secondary N) is 1. The molecule has 154 valence electrons. The number of ether oxygens (including phenoxy) is 1. The van der Waals surface area contributed by atoms with Crippen LogP contribution in [0.4, 0.5) is 4.39 Å². The van der Waals surface area contributed by atoms with Crippen LogP contribution in [-0.4, -0.2) is 41.4 Å². The van der Waals surface area contributed by atoms with Gasteiger partial charge in [-0.1, -0.05) is 36.4 Å². The lowest BCUT2D eigenvalue weighted by atomic mass is 10.0. The molecule has 29 heavy (non-hydrogen) atoms. The van der Waals surface area contributed by atoms with E-state index in [0.717, 1.165) is 11.6 Å². The molecule has 0 aliphatic carbocycles. The van der Waals surface area contributed by atoms with Gasteiger partial charge in [0.05, 0.1) is 0 Å². The lowest BCUT2D eigenvalue weighted by Crippen LogP contribution is -2.47. The zero-order valence-electron chi connectivity index (χ0n) is 16.8. The van der Waals surface area contributed by atoms with Crippen LogP contribution in [0.5, 0.6) is 0 Å². The van der Waals surface area contributed by atoms with Crippen molar-refractivity contribution in [3.8, 4) is 0 Å². The van der Waals surface area contributed by atoms with Gasteiger partial charge in [-0.15, -0.1) is 0 Å². The van der Waals surface area contributed by atoms with Gasteiger partial charge in [0.2, 0.25) is 0 Å². The van der Waals surface area contributed by atoms with Crippen molar-refractivity contribution in [2.75, 3.05) is 13.2 Å². The third kappa shape index (κ3) is 7.03. The minimum absolute atomic E-state index is 0.0932. The second-order valence-electron chi connectivity index (χ2n) is 7.49. The Hall–Kier alpha value is -3.22. The van der Waals surface area contributed by atoms with Gasteiger partial charge in [0.25, 0.3) is 11.8 Å². The lowest BCUT2D eigenvalue weighted by molar-refractivity contribution is -0.153. The number of benzene rings is 2. The number of esters is 1. The maximum atomic E-state index is 13.2. The number of hydrogen-bond donors (Lipinski definition) is 1. The molecule has 2 rings (SSSR count). The Kier molecular flexibility index (Phi) is 7.47. The fraction of sp³-hybridized carbons (Fsp3) is 0.318. The summed E-state index contributed by atoms with van der Waals surface area (Å²) in [5.41, 5.74) is 0.588. The van der Waals surface area contributed by atoms with Crippen LogP contribution in [-0.2, 0) is 20.9 Å². The van der Waals surface area contributed by atoms with Gasteiger partial charge < -0.3 is 15.0 Å². The molecule has 0 bridgehead atoms. The van der Waals surface area contributed by atoms with E-state index < -0.39 is 36.4 Å². The van der Waals surface area contributed by atoms with Crippen molar-refractivity contribution in [3.05, 3.63) is 71.5 Å². The number of amides is 2. The van der Waals surface area contributed by atoms with Crippen molar-refractivity contribution in [1.82, 2.24) is 10.2 Å². The average Bonchev–Trinajstić information content (AvgIpc) is 2.68. The molecule has 0 unspecified atom stereocenters. The van der Waals surface area contributed by atoms with Crippen molar-refractivity contribution in [2.24, 2.45) is 0 Å². The van der Waals surface area contributed by atoms with Crippen LogP contribution >= 0.6 is 0 Å². The lowest BCUT2D eigenvalue weighted by Gasteiger charge is -2.35. The molecule has 0 radical (unpaired) electrons. The van der Waals surface area contributed by atoms with Crippen molar-refractivity contribution < 1.29 is 23.5 Å². The third-order valence-electron chi connectivity index (χ3n) is 4.13. The molecule has 7 heteroatoms. The summed E-state index contributed by atoms with van der Waals surface area (Å²) in [6.07, 6.45) is 0. The Morgan fingerprint density at radius 3 is 2.34 bits per heavy atom. The quantitative estimate of drug-likeness (QED) is 0.725. The van der Waals surface area contributed by atoms with Gasteiger partial charge in [-0.2, -0.15) is 0 Å². The van der Waals surface area contributed by atoms with E-state index in [1.165, 1.54) is 18.2 Å². The van der Waals surface area contributed by atoms with Crippen LogP contribution < -0.4 is 5.32 Å². The van der Waals surface area contributed by atoms with Crippen LogP contribution in [0.2, 0.25) is 0 Å². The maximum absolute atomic E-state index is 13.2. The second kappa shape index (κ2) is 9.82. The van der Waals surface area contributed by atoms with E-state index in [1.807, 2.05) is 51.1 Å². The van der Waals surface area contributed by atoms with Gasteiger partial charge in [-0.05, 0) is 44.5 Å². The molecular formula is C22H25FN2O4. The molecule has 2 aromatic carbocycles. The Labute approximate surface area is 169 Å². The molecule has 0 aromatic heterocycles. The first-order valence-electron chi connectivity index (χ1n) is 9.20. The number of carbonyl (C=O) groups excluding carboxylic acids is 3. The Morgan fingerprint density at radius 1 is 1.03 bits per heavy atom. The van der Waals surface area contributed by atoms with Crippen molar-refractivity contribution in [3.63, 3.8) is 0 Å². The predicted octanol–water partition coefficient (Wildman–Crippen LogP) is 2.93. The van der Waals surface area contributed by atoms with E-state index in [2.05, 4.69) is 5.32 Å². The minimum atomic E-state index is -0.753. The van der Waals surface area contributed by atoms with Gasteiger partial charge >= 0.3 is 5.97 Å². The smallest absolute Gasteiger partial charge is 0.325 e. The number of hydrogen-bond acceptors (Lipinski definition) is 4. The Balaban J connectivity index is 1.86. The van der Waals surface area contributed by atoms with Crippen molar-refractivity contribution in [2.45, 2.75) is 32.9 Å². The predicted molar refractivity (Wildman–Crippen MR) is 106 cm³/mol. The van der Waals surface area contributed by atoms with Gasteiger partial charge in [0.15, 0.2) is 6.61 Å². The molecule has 0 saturated carbocycles. The molecule has 0 saturated heterocycles. The van der Waals surface area contributed by atoms with E-state index in [-0.39, 0.29) is 11.5 Å². The first-order chi connectivity index (χ1) is 13.7. The largest absolute Gasteiger partial charge is 0.454 e. The minimum Gasteiger partial charge on any atom is -0.454 e. The number of nitrogens with zero attached hydrogens (tertiary/aromatic N) is 1. The number of rotatable bonds is 7. The van der Waals surface area contributed by atoms with E-state index in [0.29, 0.717) is 6.54 Å². The van der Waals surface area contributed by atoms with E-state index in [4.69, 9.17) is 4.74 Å². The van der Waals surface area contributed by atoms with Crippen LogP contribution in [0.1, 0.15) is 36.7 Å². The summed E-state index contributed by atoms with van der Waals surface area (Å²) >= 11 is 0. The zero-order chi connectivity index (χ0) is 21.4. The standard InChI is InChI=1S/C22H25FN2O4/c1-22(2,3)25(14-16-8-5-4-6-9-16)19(26)15-29-20(27)13-24-21(28)17-10-7-11-18(23)12-17/h4-12H,13-15H2,1-3H3,(H,24,28). The first-order valence-corrected chi connectivity index (χ1v) is 9.20. The molecule has 2 aromatic rings. The zero-order valence-corrected chi connectivity index (χ0v) is 16.8. The molecule has 2 amide bonds. The molecule has 0 fully saturated rings. The van der Waals surface area contributed by atoms with Crippen LogP contribution in [0.3, 0.4) is 0 Å². The van der Waals surface area contributed by atoms with E-state index in [1.54, 1.807) is 4.90 Å². The van der Waals surface area contributed by atoms with E-state index >= 15 is 0 Å². The van der Waals surface area contributed by atoms with Crippen LogP contribution in [0.15, 0.2) is 54.6 Å². The number of carbonyl (C=O) groups is 3. The fourth-order valence-electron chi connectivity index (χ4n) is 2.62. The highest BCUT2D eigenvalue weighted by molar-refractivity contribution is 5.96. The molecule has 0 spiro atoms. The molecule has 1 N–H and O–H groups in total. The summed E-state index contributed by atoms with van der Waals surface area (Å²) in [7, 11) is 0. The highest BCUT2D eigenvalue weighted by Crippen LogP contribution is 2.17. The summed E-state index contributed by atoms with van der Waals surface area (Å²) in [4.78, 5) is 38.1. The molecule has 0 heterocycles. The summed E-state index contributed by atoms with van der Waals surface area (Å²) < 4.78 is 18.2. The van der Waals surface area contributed by atoms with Crippen LogP contribution in [0, 0.1) is 5.82 Å². The number of halogens is 1. The maximum Gasteiger partial charge on any atom is 0.325 e. The Bertz CT molecular complexity index is 863. The molecule has 0 atom stereocenters. The summed E-state index contributed by atoms with van der Waals surface area (Å²) in [5.74, 6) is -2.25. The highest BCUT2D eigenvalue weighted by Gasteiger charge is 2.27. The topological polar surface area (TPSA) is 75.7 Å². The van der Waals surface area contributed by atoms with Crippen molar-refractivity contribution >= 4 is 17.8 Å². The van der Waals surface area contributed by atoms with Crippen LogP contribution in [0.25, 0.3) is 0 Å². The van der Waals surface area contributed by atoms with E-state index in [9.17, 15) is 18.8 Å². The monoisotopic (exact) mass is 400 g/mol. The molecule has 6 nitrogen and oxygen atoms in total. The third-order valence-corrected chi connectivity index (χ3v) is 4.13. The van der Waals surface area contributed by atoms with Gasteiger partial charge in [0.1, 0.15) is 12.4 Å². The summed E-state index contributed by atoms with van der Waals surface area (Å²) in [6.45, 7) is 5.23. The molecule has 0 aliphatic heterocycles. The Morgan fingerprint density at radius 2 is 1.72 bits per heavy atom. The second-order valence-corrected chi connectivity index (χ2v) is 7.49. The molecule has 0 aliphatic rings. The highest BCUT2D eigenvalue weighted by atomic mass is 19.1. The van der Waals surface area contributed by atoms with Gasteiger partial charge in [0, 0.05) is 17.6 Å². The normalized spacial score (nSPS) is 10.9. The summed E-state index contributed by atoms with van der Waals surface area (Å²) in [6, 6.07) is 14.6. The van der Waals surface area contributed by atoms with Gasteiger partial charge in [-0.3, -0.25) is 14.4 Å². The fourth-order valence-corrected chi connectivity index (χ4v) is 2.62.